The fraction of sp³-hybridized carbons (Fsp3) is 0.600. The molecule has 2 heterocycles. The van der Waals surface area contributed by atoms with E-state index >= 15 is 0 Å². The van der Waals surface area contributed by atoms with Gasteiger partial charge >= 0.3 is 5.97 Å². The van der Waals surface area contributed by atoms with Crippen molar-refractivity contribution in [3.8, 4) is 5.75 Å². The molecule has 5 rings (SSSR count). The molecule has 1 aliphatic heterocycles. The van der Waals surface area contributed by atoms with E-state index in [4.69, 9.17) is 14.6 Å². The van der Waals surface area contributed by atoms with E-state index in [-0.39, 0.29) is 29.7 Å². The number of fused-ring (bicyclic) bond motifs is 2. The number of benzene rings is 1. The first-order valence-electron chi connectivity index (χ1n) is 11.9. The van der Waals surface area contributed by atoms with Crippen molar-refractivity contribution in [2.75, 3.05) is 6.61 Å². The van der Waals surface area contributed by atoms with Crippen LogP contribution in [0.15, 0.2) is 23.6 Å². The van der Waals surface area contributed by atoms with Crippen LogP contribution in [0.4, 0.5) is 0 Å². The van der Waals surface area contributed by atoms with Crippen LogP contribution < -0.4 is 4.74 Å². The minimum Gasteiger partial charge on any atom is -0.493 e. The molecule has 172 valence electrons. The standard InChI is InChI=1S/C25H31NO5S/c27-21-12-23-18(9-10-22(31-23)24-26-20(14-32-24)25(28)29)19(21)13-30-17-8-7-15-5-3-1-2-4-6-16(15)11-17/h7-8,11,14,18-19,21-23,27H,1-6,9-10,12-13H2,(H,28,29)/t18-,19-,21+,22-,23+/m1/s1. The highest BCUT2D eigenvalue weighted by molar-refractivity contribution is 7.09. The van der Waals surface area contributed by atoms with Crippen LogP contribution in [0, 0.1) is 11.8 Å². The summed E-state index contributed by atoms with van der Waals surface area (Å²) < 4.78 is 12.5. The summed E-state index contributed by atoms with van der Waals surface area (Å²) in [7, 11) is 0. The molecule has 2 aromatic rings. The predicted octanol–water partition coefficient (Wildman–Crippen LogP) is 4.80. The second-order valence-corrected chi connectivity index (χ2v) is 10.3. The molecule has 1 aromatic carbocycles. The van der Waals surface area contributed by atoms with Crippen molar-refractivity contribution >= 4 is 17.3 Å². The summed E-state index contributed by atoms with van der Waals surface area (Å²) in [6.07, 6.45) is 9.06. The van der Waals surface area contributed by atoms with Gasteiger partial charge in [0.1, 0.15) is 16.9 Å². The summed E-state index contributed by atoms with van der Waals surface area (Å²) in [6, 6.07) is 6.50. The largest absolute Gasteiger partial charge is 0.493 e. The van der Waals surface area contributed by atoms with Gasteiger partial charge in [0.2, 0.25) is 0 Å². The molecular formula is C25H31NO5S. The quantitative estimate of drug-likeness (QED) is 0.671. The molecule has 2 N–H and O–H groups in total. The van der Waals surface area contributed by atoms with Crippen LogP contribution in [-0.2, 0) is 17.6 Å². The van der Waals surface area contributed by atoms with E-state index in [1.807, 2.05) is 0 Å². The van der Waals surface area contributed by atoms with Crippen molar-refractivity contribution in [1.29, 1.82) is 0 Å². The number of aryl methyl sites for hydroxylation is 2. The Morgan fingerprint density at radius 3 is 2.75 bits per heavy atom. The Morgan fingerprint density at radius 1 is 1.16 bits per heavy atom. The number of rotatable bonds is 5. The predicted molar refractivity (Wildman–Crippen MR) is 121 cm³/mol. The van der Waals surface area contributed by atoms with Crippen LogP contribution in [0.2, 0.25) is 0 Å². The van der Waals surface area contributed by atoms with Gasteiger partial charge in [0.15, 0.2) is 5.69 Å². The Labute approximate surface area is 192 Å². The number of hydrogen-bond acceptors (Lipinski definition) is 6. The molecular weight excluding hydrogens is 426 g/mol. The lowest BCUT2D eigenvalue weighted by molar-refractivity contribution is -0.0811. The van der Waals surface area contributed by atoms with Gasteiger partial charge in [-0.2, -0.15) is 0 Å². The molecule has 0 radical (unpaired) electrons. The number of carbonyl (C=O) groups is 1. The molecule has 7 heteroatoms. The monoisotopic (exact) mass is 457 g/mol. The molecule has 1 saturated heterocycles. The number of ether oxygens (including phenoxy) is 2. The average molecular weight is 458 g/mol. The molecule has 0 bridgehead atoms. The number of aliphatic hydroxyl groups is 1. The van der Waals surface area contributed by atoms with E-state index in [0.717, 1.165) is 36.4 Å². The summed E-state index contributed by atoms with van der Waals surface area (Å²) in [4.78, 5) is 15.3. The first kappa shape index (κ1) is 21.9. The zero-order chi connectivity index (χ0) is 22.1. The summed E-state index contributed by atoms with van der Waals surface area (Å²) >= 11 is 1.34. The number of carboxylic acids is 1. The van der Waals surface area contributed by atoms with Gasteiger partial charge < -0.3 is 19.7 Å². The van der Waals surface area contributed by atoms with E-state index in [1.54, 1.807) is 5.38 Å². The lowest BCUT2D eigenvalue weighted by Gasteiger charge is -2.33. The van der Waals surface area contributed by atoms with Crippen LogP contribution in [0.1, 0.15) is 77.7 Å². The van der Waals surface area contributed by atoms with Crippen molar-refractivity contribution in [2.24, 2.45) is 11.8 Å². The third-order valence-electron chi connectivity index (χ3n) is 7.38. The zero-order valence-electron chi connectivity index (χ0n) is 18.2. The molecule has 2 aliphatic carbocycles. The highest BCUT2D eigenvalue weighted by Crippen LogP contribution is 2.46. The second-order valence-electron chi connectivity index (χ2n) is 9.40. The Kier molecular flexibility index (Phi) is 6.49. The first-order chi connectivity index (χ1) is 15.6. The molecule has 0 amide bonds. The molecule has 6 nitrogen and oxygen atoms in total. The average Bonchev–Trinajstić information content (AvgIpc) is 3.37. The highest BCUT2D eigenvalue weighted by Gasteiger charge is 2.47. The van der Waals surface area contributed by atoms with Gasteiger partial charge in [0, 0.05) is 17.7 Å². The van der Waals surface area contributed by atoms with Crippen molar-refractivity contribution in [2.45, 2.75) is 76.1 Å². The Bertz CT molecular complexity index is 960. The number of hydrogen-bond donors (Lipinski definition) is 2. The molecule has 1 aromatic heterocycles. The number of nitrogens with zero attached hydrogens (tertiary/aromatic N) is 1. The number of aliphatic hydroxyl groups excluding tert-OH is 1. The topological polar surface area (TPSA) is 88.9 Å². The minimum atomic E-state index is -1.01. The number of aromatic carboxylic acids is 1. The molecule has 2 fully saturated rings. The molecule has 0 unspecified atom stereocenters. The van der Waals surface area contributed by atoms with Crippen molar-refractivity contribution in [3.63, 3.8) is 0 Å². The van der Waals surface area contributed by atoms with Crippen molar-refractivity contribution in [3.05, 3.63) is 45.4 Å². The maximum absolute atomic E-state index is 11.1. The molecule has 5 atom stereocenters. The molecule has 0 spiro atoms. The number of carboxylic acid groups (broad SMARTS) is 1. The number of thiazole rings is 1. The third kappa shape index (κ3) is 4.56. The Morgan fingerprint density at radius 2 is 1.97 bits per heavy atom. The molecule has 32 heavy (non-hydrogen) atoms. The maximum atomic E-state index is 11.1. The highest BCUT2D eigenvalue weighted by atomic mass is 32.1. The second kappa shape index (κ2) is 9.49. The van der Waals surface area contributed by atoms with Crippen molar-refractivity contribution in [1.82, 2.24) is 4.98 Å². The first-order valence-corrected chi connectivity index (χ1v) is 12.7. The van der Waals surface area contributed by atoms with Gasteiger partial charge in [-0.1, -0.05) is 18.9 Å². The molecule has 1 saturated carbocycles. The van der Waals surface area contributed by atoms with Gasteiger partial charge in [-0.25, -0.2) is 9.78 Å². The smallest absolute Gasteiger partial charge is 0.355 e. The summed E-state index contributed by atoms with van der Waals surface area (Å²) in [5.41, 5.74) is 2.95. The van der Waals surface area contributed by atoms with E-state index in [0.29, 0.717) is 13.0 Å². The van der Waals surface area contributed by atoms with Crippen LogP contribution in [0.3, 0.4) is 0 Å². The summed E-state index contributed by atoms with van der Waals surface area (Å²) in [5, 5.41) is 22.1. The fourth-order valence-electron chi connectivity index (χ4n) is 5.62. The van der Waals surface area contributed by atoms with E-state index in [1.165, 1.54) is 48.1 Å². The van der Waals surface area contributed by atoms with Gasteiger partial charge in [0.05, 0.1) is 18.8 Å². The SMILES string of the molecule is O=C(O)c1csc([C@H]2CC[C@@H]3[C@@H](COc4ccc5c(c4)CCCCCC5)[C@@H](O)C[C@@H]3O2)n1. The van der Waals surface area contributed by atoms with Gasteiger partial charge in [-0.15, -0.1) is 11.3 Å². The minimum absolute atomic E-state index is 0.0367. The maximum Gasteiger partial charge on any atom is 0.355 e. The number of aromatic nitrogens is 1. The fourth-order valence-corrected chi connectivity index (χ4v) is 6.49. The van der Waals surface area contributed by atoms with E-state index in [2.05, 4.69) is 23.2 Å². The van der Waals surface area contributed by atoms with E-state index in [9.17, 15) is 9.90 Å². The van der Waals surface area contributed by atoms with Crippen LogP contribution in [0.25, 0.3) is 0 Å². The zero-order valence-corrected chi connectivity index (χ0v) is 19.1. The summed E-state index contributed by atoms with van der Waals surface area (Å²) in [5.74, 6) is 0.194. The lowest BCUT2D eigenvalue weighted by Crippen LogP contribution is -2.33. The Hall–Kier alpha value is -1.96. The lowest BCUT2D eigenvalue weighted by atomic mass is 9.87. The van der Waals surface area contributed by atoms with Crippen molar-refractivity contribution < 1.29 is 24.5 Å². The van der Waals surface area contributed by atoms with Crippen LogP contribution >= 0.6 is 11.3 Å². The van der Waals surface area contributed by atoms with Gasteiger partial charge in [0.25, 0.3) is 0 Å². The van der Waals surface area contributed by atoms with Crippen LogP contribution in [-0.4, -0.2) is 40.0 Å². The normalized spacial score (nSPS) is 30.1. The van der Waals surface area contributed by atoms with Gasteiger partial charge in [-0.3, -0.25) is 0 Å². The Balaban J connectivity index is 1.21. The molecule has 3 aliphatic rings. The summed E-state index contributed by atoms with van der Waals surface area (Å²) in [6.45, 7) is 0.496. The van der Waals surface area contributed by atoms with E-state index < -0.39 is 12.1 Å². The third-order valence-corrected chi connectivity index (χ3v) is 8.31. The van der Waals surface area contributed by atoms with Gasteiger partial charge in [-0.05, 0) is 67.7 Å². The van der Waals surface area contributed by atoms with Crippen LogP contribution in [0.5, 0.6) is 5.75 Å².